The van der Waals surface area contributed by atoms with Crippen molar-refractivity contribution in [3.63, 3.8) is 0 Å². The van der Waals surface area contributed by atoms with Crippen LogP contribution in [0.2, 0.25) is 0 Å². The molecule has 0 N–H and O–H groups in total. The third-order valence-corrected chi connectivity index (χ3v) is 7.28. The lowest BCUT2D eigenvalue weighted by Gasteiger charge is -2.49. The summed E-state index contributed by atoms with van der Waals surface area (Å²) in [4.78, 5) is 0. The van der Waals surface area contributed by atoms with Gasteiger partial charge < -0.3 is 0 Å². The fourth-order valence-corrected chi connectivity index (χ4v) is 5.92. The van der Waals surface area contributed by atoms with Crippen LogP contribution in [0.5, 0.6) is 0 Å². The maximum Gasteiger partial charge on any atom is 0.0277 e. The van der Waals surface area contributed by atoms with Crippen LogP contribution in [0.4, 0.5) is 0 Å². The summed E-state index contributed by atoms with van der Waals surface area (Å²) in [6.45, 7) is 11.1. The van der Waals surface area contributed by atoms with Gasteiger partial charge in [0.25, 0.3) is 0 Å². The molecule has 3 aliphatic rings. The van der Waals surface area contributed by atoms with Crippen molar-refractivity contribution < 1.29 is 0 Å². The average molecular weight is 304 g/mol. The number of rotatable bonds is 0. The molecule has 0 heterocycles. The van der Waals surface area contributed by atoms with Gasteiger partial charge in [-0.3, -0.25) is 0 Å². The highest BCUT2D eigenvalue weighted by atomic mass is 14.6. The summed E-state index contributed by atoms with van der Waals surface area (Å²) in [5.74, 6) is 8.90. The van der Waals surface area contributed by atoms with Gasteiger partial charge in [-0.1, -0.05) is 31.1 Å². The first-order chi connectivity index (χ1) is 11.0. The van der Waals surface area contributed by atoms with E-state index in [1.54, 1.807) is 11.1 Å². The van der Waals surface area contributed by atoms with E-state index in [9.17, 15) is 0 Å². The number of hydrogen-bond acceptors (Lipinski definition) is 0. The van der Waals surface area contributed by atoms with Gasteiger partial charge in [0.1, 0.15) is 0 Å². The second kappa shape index (κ2) is 5.27. The molecule has 3 unspecified atom stereocenters. The van der Waals surface area contributed by atoms with E-state index < -0.39 is 0 Å². The third-order valence-electron chi connectivity index (χ3n) is 7.28. The molecule has 1 aromatic carbocycles. The maximum absolute atomic E-state index is 4.42. The fraction of sp³-hybridized carbons (Fsp3) is 0.565. The Hall–Kier alpha value is -1.48. The molecule has 4 atom stereocenters. The van der Waals surface area contributed by atoms with Crippen molar-refractivity contribution in [1.29, 1.82) is 0 Å². The van der Waals surface area contributed by atoms with Gasteiger partial charge in [0.15, 0.2) is 0 Å². The first-order valence-corrected chi connectivity index (χ1v) is 9.29. The summed E-state index contributed by atoms with van der Waals surface area (Å²) < 4.78 is 0. The van der Waals surface area contributed by atoms with Gasteiger partial charge in [0, 0.05) is 5.56 Å². The molecule has 0 heteroatoms. The first-order valence-electron chi connectivity index (χ1n) is 9.29. The van der Waals surface area contributed by atoms with Crippen LogP contribution >= 0.6 is 0 Å². The summed E-state index contributed by atoms with van der Waals surface area (Å²) in [5, 5.41) is 0. The van der Waals surface area contributed by atoms with Crippen LogP contribution < -0.4 is 0 Å². The Bertz CT molecular complexity index is 726. The minimum absolute atomic E-state index is 0.426. The molecule has 2 fully saturated rings. The molecule has 0 nitrogen and oxygen atoms in total. The molecule has 0 spiro atoms. The molecule has 0 saturated heterocycles. The summed E-state index contributed by atoms with van der Waals surface area (Å²) in [7, 11) is 0. The average Bonchev–Trinajstić information content (AvgIpc) is 2.84. The summed E-state index contributed by atoms with van der Waals surface area (Å²) in [5.41, 5.74) is 7.79. The van der Waals surface area contributed by atoms with Crippen LogP contribution in [0.15, 0.2) is 24.3 Å². The van der Waals surface area contributed by atoms with Gasteiger partial charge in [-0.2, -0.15) is 0 Å². The van der Waals surface area contributed by atoms with E-state index in [2.05, 4.69) is 44.4 Å². The zero-order valence-corrected chi connectivity index (χ0v) is 14.8. The minimum Gasteiger partial charge on any atom is -0.101 e. The van der Waals surface area contributed by atoms with Crippen molar-refractivity contribution in [1.82, 2.24) is 0 Å². The second-order valence-electron chi connectivity index (χ2n) is 8.25. The molecular weight excluding hydrogens is 276 g/mol. The van der Waals surface area contributed by atoms with E-state index >= 15 is 0 Å². The molecular formula is C23H28. The van der Waals surface area contributed by atoms with E-state index in [-0.39, 0.29) is 0 Å². The Morgan fingerprint density at radius 3 is 2.78 bits per heavy atom. The van der Waals surface area contributed by atoms with E-state index in [1.807, 2.05) is 6.92 Å². The quantitative estimate of drug-likeness (QED) is 0.421. The molecule has 0 amide bonds. The Morgan fingerprint density at radius 1 is 1.17 bits per heavy atom. The smallest absolute Gasteiger partial charge is 0.0277 e. The van der Waals surface area contributed by atoms with E-state index in [1.165, 1.54) is 55.2 Å². The summed E-state index contributed by atoms with van der Waals surface area (Å²) in [6, 6.07) is 4.86. The zero-order valence-electron chi connectivity index (χ0n) is 14.8. The Morgan fingerprint density at radius 2 is 2.00 bits per heavy atom. The van der Waals surface area contributed by atoms with Gasteiger partial charge in [0.05, 0.1) is 0 Å². The molecule has 0 bridgehead atoms. The number of allylic oxidation sites excluding steroid dienone is 1. The molecule has 3 aliphatic carbocycles. The predicted octanol–water partition coefficient (Wildman–Crippen LogP) is 5.78. The maximum atomic E-state index is 4.42. The second-order valence-corrected chi connectivity index (χ2v) is 8.25. The van der Waals surface area contributed by atoms with Crippen molar-refractivity contribution in [3.8, 4) is 11.8 Å². The van der Waals surface area contributed by atoms with Crippen LogP contribution in [0, 0.1) is 36.0 Å². The number of aryl methyl sites for hydroxylation is 2. The van der Waals surface area contributed by atoms with Crippen LogP contribution in [0.1, 0.15) is 74.1 Å². The monoisotopic (exact) mass is 304 g/mol. The number of hydrogen-bond donors (Lipinski definition) is 0. The lowest BCUT2D eigenvalue weighted by atomic mass is 9.55. The Balaban J connectivity index is 1.75. The third kappa shape index (κ3) is 2.13. The lowest BCUT2D eigenvalue weighted by molar-refractivity contribution is 0.0816. The van der Waals surface area contributed by atoms with Crippen LogP contribution in [0.25, 0.3) is 0 Å². The van der Waals surface area contributed by atoms with Gasteiger partial charge in [-0.05, 0) is 98.3 Å². The normalized spacial score (nSPS) is 34.9. The van der Waals surface area contributed by atoms with Crippen molar-refractivity contribution in [2.75, 3.05) is 0 Å². The molecule has 2 saturated carbocycles. The van der Waals surface area contributed by atoms with Crippen molar-refractivity contribution in [2.45, 2.75) is 65.2 Å². The van der Waals surface area contributed by atoms with Crippen molar-refractivity contribution >= 4 is 0 Å². The zero-order chi connectivity index (χ0) is 16.2. The van der Waals surface area contributed by atoms with E-state index in [4.69, 9.17) is 0 Å². The lowest BCUT2D eigenvalue weighted by Crippen LogP contribution is -2.40. The largest absolute Gasteiger partial charge is 0.101 e. The molecule has 0 aromatic heterocycles. The van der Waals surface area contributed by atoms with Crippen LogP contribution in [-0.2, 0) is 6.42 Å². The molecule has 120 valence electrons. The predicted molar refractivity (Wildman–Crippen MR) is 97.5 cm³/mol. The summed E-state index contributed by atoms with van der Waals surface area (Å²) >= 11 is 0. The fourth-order valence-electron chi connectivity index (χ4n) is 5.92. The van der Waals surface area contributed by atoms with Crippen LogP contribution in [0.3, 0.4) is 0 Å². The molecule has 1 aromatic rings. The highest BCUT2D eigenvalue weighted by Crippen LogP contribution is 2.62. The Labute approximate surface area is 141 Å². The van der Waals surface area contributed by atoms with Crippen molar-refractivity contribution in [2.24, 2.45) is 17.3 Å². The van der Waals surface area contributed by atoms with E-state index in [0.717, 1.165) is 17.8 Å². The van der Waals surface area contributed by atoms with Gasteiger partial charge in [-0.25, -0.2) is 0 Å². The first kappa shape index (κ1) is 15.1. The standard InChI is InChI=1S/C23H28/c1-5-6-17-14-21-18(13-15(17)2)8-9-20-19(21)11-12-23(4)16(3)7-10-22(20)23/h13-14,19-20,22H,3,7-12H2,1-2,4H3/t19?,20?,22?,23-/m1/s1. The summed E-state index contributed by atoms with van der Waals surface area (Å²) in [6.07, 6.45) is 7.95. The number of fused-ring (bicyclic) bond motifs is 5. The number of benzene rings is 1. The molecule has 4 rings (SSSR count). The SMILES string of the molecule is C=C1CCC2C3CCc4cc(C)c(C#CC)cc4C3CC[C@]12C. The minimum atomic E-state index is 0.426. The van der Waals surface area contributed by atoms with Gasteiger partial charge >= 0.3 is 0 Å². The van der Waals surface area contributed by atoms with Crippen LogP contribution in [-0.4, -0.2) is 0 Å². The highest BCUT2D eigenvalue weighted by Gasteiger charge is 2.51. The Kier molecular flexibility index (Phi) is 3.45. The van der Waals surface area contributed by atoms with Gasteiger partial charge in [-0.15, -0.1) is 5.92 Å². The van der Waals surface area contributed by atoms with Crippen molar-refractivity contribution in [3.05, 3.63) is 46.5 Å². The van der Waals surface area contributed by atoms with Gasteiger partial charge in [0.2, 0.25) is 0 Å². The molecule has 0 aliphatic heterocycles. The van der Waals surface area contributed by atoms with E-state index in [0.29, 0.717) is 5.41 Å². The topological polar surface area (TPSA) is 0 Å². The molecule has 23 heavy (non-hydrogen) atoms. The molecule has 0 radical (unpaired) electrons. The highest BCUT2D eigenvalue weighted by molar-refractivity contribution is 5.49.